The number of piperidine rings is 1. The van der Waals surface area contributed by atoms with E-state index in [0.717, 1.165) is 6.42 Å². The summed E-state index contributed by atoms with van der Waals surface area (Å²) < 4.78 is 0. The highest BCUT2D eigenvalue weighted by Gasteiger charge is 2.33. The van der Waals surface area contributed by atoms with Crippen molar-refractivity contribution in [1.29, 1.82) is 0 Å². The van der Waals surface area contributed by atoms with Crippen molar-refractivity contribution in [2.24, 2.45) is 11.7 Å². The lowest BCUT2D eigenvalue weighted by atomic mass is 9.96. The average molecular weight is 214 g/mol. The van der Waals surface area contributed by atoms with Gasteiger partial charge in [-0.15, -0.1) is 0 Å². The summed E-state index contributed by atoms with van der Waals surface area (Å²) in [5.41, 5.74) is 4.78. The maximum absolute atomic E-state index is 11.8. The Hall–Kier alpha value is -1.10. The maximum Gasteiger partial charge on any atom is 0.308 e. The molecule has 1 aliphatic rings. The highest BCUT2D eigenvalue weighted by Crippen LogP contribution is 2.18. The normalized spacial score (nSPS) is 22.6. The molecule has 0 aliphatic carbocycles. The molecule has 1 saturated heterocycles. The molecule has 0 bridgehead atoms. The number of amides is 1. The molecule has 0 aromatic carbocycles. The van der Waals surface area contributed by atoms with Gasteiger partial charge in [0.1, 0.15) is 0 Å². The van der Waals surface area contributed by atoms with Crippen LogP contribution in [0.15, 0.2) is 0 Å². The zero-order valence-electron chi connectivity index (χ0n) is 9.19. The summed E-state index contributed by atoms with van der Waals surface area (Å²) in [6.07, 6.45) is 1.38. The molecule has 5 heteroatoms. The van der Waals surface area contributed by atoms with Gasteiger partial charge in [0.15, 0.2) is 0 Å². The van der Waals surface area contributed by atoms with Crippen molar-refractivity contribution >= 4 is 11.9 Å². The second-order valence-electron chi connectivity index (χ2n) is 4.65. The summed E-state index contributed by atoms with van der Waals surface area (Å²) in [4.78, 5) is 24.2. The Morgan fingerprint density at radius 2 is 2.07 bits per heavy atom. The first-order chi connectivity index (χ1) is 6.82. The van der Waals surface area contributed by atoms with E-state index in [2.05, 4.69) is 0 Å². The van der Waals surface area contributed by atoms with Crippen LogP contribution in [0, 0.1) is 5.92 Å². The molecule has 1 rings (SSSR count). The molecule has 1 unspecified atom stereocenters. The molecule has 0 spiro atoms. The van der Waals surface area contributed by atoms with Gasteiger partial charge >= 0.3 is 5.97 Å². The number of carbonyl (C=O) groups is 2. The van der Waals surface area contributed by atoms with Gasteiger partial charge in [-0.3, -0.25) is 9.59 Å². The second kappa shape index (κ2) is 4.18. The van der Waals surface area contributed by atoms with Crippen LogP contribution in [0.2, 0.25) is 0 Å². The number of carboxylic acid groups (broad SMARTS) is 1. The van der Waals surface area contributed by atoms with Crippen LogP contribution in [-0.4, -0.2) is 40.5 Å². The van der Waals surface area contributed by atoms with Gasteiger partial charge in [-0.05, 0) is 26.7 Å². The van der Waals surface area contributed by atoms with E-state index in [1.54, 1.807) is 18.7 Å². The van der Waals surface area contributed by atoms with Crippen molar-refractivity contribution in [1.82, 2.24) is 4.90 Å². The summed E-state index contributed by atoms with van der Waals surface area (Å²) in [7, 11) is 0. The van der Waals surface area contributed by atoms with Crippen LogP contribution in [0.5, 0.6) is 0 Å². The number of hydrogen-bond donors (Lipinski definition) is 2. The largest absolute Gasteiger partial charge is 0.481 e. The van der Waals surface area contributed by atoms with E-state index in [0.29, 0.717) is 13.0 Å². The van der Waals surface area contributed by atoms with Gasteiger partial charge in [-0.25, -0.2) is 0 Å². The van der Waals surface area contributed by atoms with Crippen LogP contribution in [0.3, 0.4) is 0 Å². The Morgan fingerprint density at radius 3 is 2.53 bits per heavy atom. The van der Waals surface area contributed by atoms with Crippen molar-refractivity contribution in [3.8, 4) is 0 Å². The molecule has 3 N–H and O–H groups in total. The molecule has 1 amide bonds. The Labute approximate surface area is 89.2 Å². The fourth-order valence-corrected chi connectivity index (χ4v) is 1.77. The number of carbonyl (C=O) groups excluding carboxylic acids is 1. The Kier molecular flexibility index (Phi) is 3.34. The molecule has 1 atom stereocenters. The van der Waals surface area contributed by atoms with E-state index in [4.69, 9.17) is 10.8 Å². The fraction of sp³-hybridized carbons (Fsp3) is 0.800. The van der Waals surface area contributed by atoms with Crippen LogP contribution in [0.25, 0.3) is 0 Å². The second-order valence-corrected chi connectivity index (χ2v) is 4.65. The molecule has 0 radical (unpaired) electrons. The van der Waals surface area contributed by atoms with E-state index >= 15 is 0 Å². The van der Waals surface area contributed by atoms with E-state index in [1.165, 1.54) is 0 Å². The van der Waals surface area contributed by atoms with Gasteiger partial charge in [0, 0.05) is 13.1 Å². The maximum atomic E-state index is 11.8. The highest BCUT2D eigenvalue weighted by atomic mass is 16.4. The van der Waals surface area contributed by atoms with Gasteiger partial charge in [-0.2, -0.15) is 0 Å². The number of aliphatic carboxylic acids is 1. The molecule has 1 fully saturated rings. The first kappa shape index (κ1) is 12.0. The van der Waals surface area contributed by atoms with Crippen molar-refractivity contribution in [3.05, 3.63) is 0 Å². The lowest BCUT2D eigenvalue weighted by molar-refractivity contribution is -0.147. The van der Waals surface area contributed by atoms with Crippen LogP contribution in [0.4, 0.5) is 0 Å². The highest BCUT2D eigenvalue weighted by molar-refractivity contribution is 5.85. The van der Waals surface area contributed by atoms with Gasteiger partial charge in [0.2, 0.25) is 5.91 Å². The molecular weight excluding hydrogens is 196 g/mol. The first-order valence-electron chi connectivity index (χ1n) is 5.13. The van der Waals surface area contributed by atoms with E-state index < -0.39 is 17.4 Å². The minimum atomic E-state index is -0.916. The van der Waals surface area contributed by atoms with Gasteiger partial charge in [-0.1, -0.05) is 0 Å². The van der Waals surface area contributed by atoms with E-state index in [-0.39, 0.29) is 12.5 Å². The zero-order chi connectivity index (χ0) is 11.6. The standard InChI is InChI=1S/C10H18N2O3/c1-10(2,11)9(15)12-5-3-4-7(6-12)8(13)14/h7H,3-6,11H2,1-2H3,(H,13,14). The SMILES string of the molecule is CC(C)(N)C(=O)N1CCCC(C(=O)O)C1. The van der Waals surface area contributed by atoms with Crippen LogP contribution in [0.1, 0.15) is 26.7 Å². The lowest BCUT2D eigenvalue weighted by Gasteiger charge is -2.34. The van der Waals surface area contributed by atoms with Gasteiger partial charge < -0.3 is 15.7 Å². The van der Waals surface area contributed by atoms with E-state index in [1.807, 2.05) is 0 Å². The number of rotatable bonds is 2. The Balaban J connectivity index is 2.64. The third-order valence-electron chi connectivity index (χ3n) is 2.61. The predicted octanol–water partition coefficient (Wildman–Crippen LogP) is 0.0469. The lowest BCUT2D eigenvalue weighted by Crippen LogP contribution is -2.54. The average Bonchev–Trinajstić information content (AvgIpc) is 2.15. The van der Waals surface area contributed by atoms with Crippen LogP contribution < -0.4 is 5.73 Å². The van der Waals surface area contributed by atoms with Crippen molar-refractivity contribution < 1.29 is 14.7 Å². The summed E-state index contributed by atoms with van der Waals surface area (Å²) >= 11 is 0. The molecule has 15 heavy (non-hydrogen) atoms. The quantitative estimate of drug-likeness (QED) is 0.680. The fourth-order valence-electron chi connectivity index (χ4n) is 1.77. The number of nitrogens with zero attached hydrogens (tertiary/aromatic N) is 1. The summed E-state index contributed by atoms with van der Waals surface area (Å²) in [5, 5.41) is 8.87. The molecule has 5 nitrogen and oxygen atoms in total. The number of nitrogens with two attached hydrogens (primary N) is 1. The number of hydrogen-bond acceptors (Lipinski definition) is 3. The van der Waals surface area contributed by atoms with Crippen LogP contribution >= 0.6 is 0 Å². The topological polar surface area (TPSA) is 83.6 Å². The van der Waals surface area contributed by atoms with Crippen LogP contribution in [-0.2, 0) is 9.59 Å². The molecule has 0 aromatic rings. The van der Waals surface area contributed by atoms with Crippen molar-refractivity contribution in [3.63, 3.8) is 0 Å². The minimum absolute atomic E-state index is 0.173. The Bertz CT molecular complexity index is 270. The summed E-state index contributed by atoms with van der Waals surface area (Å²) in [5.74, 6) is -1.44. The number of likely N-dealkylation sites (tertiary alicyclic amines) is 1. The molecule has 0 aromatic heterocycles. The van der Waals surface area contributed by atoms with Gasteiger partial charge in [0.05, 0.1) is 11.5 Å². The molecular formula is C10H18N2O3. The third kappa shape index (κ3) is 2.92. The van der Waals surface area contributed by atoms with Crippen molar-refractivity contribution in [2.45, 2.75) is 32.2 Å². The zero-order valence-corrected chi connectivity index (χ0v) is 9.19. The number of carboxylic acids is 1. The van der Waals surface area contributed by atoms with Gasteiger partial charge in [0.25, 0.3) is 0 Å². The molecule has 1 aliphatic heterocycles. The van der Waals surface area contributed by atoms with E-state index in [9.17, 15) is 9.59 Å². The summed E-state index contributed by atoms with van der Waals surface area (Å²) in [6, 6.07) is 0. The molecule has 1 heterocycles. The smallest absolute Gasteiger partial charge is 0.308 e. The third-order valence-corrected chi connectivity index (χ3v) is 2.61. The minimum Gasteiger partial charge on any atom is -0.481 e. The monoisotopic (exact) mass is 214 g/mol. The molecule has 0 saturated carbocycles. The predicted molar refractivity (Wildman–Crippen MR) is 55.2 cm³/mol. The molecule has 86 valence electrons. The Morgan fingerprint density at radius 1 is 1.47 bits per heavy atom. The van der Waals surface area contributed by atoms with Crippen molar-refractivity contribution in [2.75, 3.05) is 13.1 Å². The first-order valence-corrected chi connectivity index (χ1v) is 5.13. The summed E-state index contributed by atoms with van der Waals surface area (Å²) in [6.45, 7) is 4.18.